The Kier molecular flexibility index (Phi) is 29.3. The maximum atomic E-state index is 12.8. The smallest absolute Gasteiger partial charge is 0.305 e. The van der Waals surface area contributed by atoms with Crippen molar-refractivity contribution in [1.82, 2.24) is 0 Å². The average Bonchev–Trinajstić information content (AvgIpc) is 3.11. The van der Waals surface area contributed by atoms with Gasteiger partial charge in [-0.1, -0.05) is 119 Å². The van der Waals surface area contributed by atoms with Crippen LogP contribution in [0.3, 0.4) is 0 Å². The second-order valence-electron chi connectivity index (χ2n) is 14.1. The molecule has 0 aliphatic carbocycles. The zero-order valence-corrected chi connectivity index (χ0v) is 32.5. The number of carbonyl (C=O) groups is 4. The molecular weight excluding hydrogens is 624 g/mol. The fraction of sp³-hybridized carbons (Fsp3) is 0.900. The molecule has 0 bridgehead atoms. The Morgan fingerprint density at radius 1 is 0.347 bits per heavy atom. The molecule has 0 rings (SSSR count). The minimum Gasteiger partial charge on any atom is -0.465 e. The van der Waals surface area contributed by atoms with Crippen LogP contribution in [-0.4, -0.2) is 63.5 Å². The van der Waals surface area contributed by atoms with Gasteiger partial charge in [-0.3, -0.25) is 19.2 Å². The van der Waals surface area contributed by atoms with Gasteiger partial charge in [0.25, 0.3) is 0 Å². The molecule has 0 aromatic carbocycles. The largest absolute Gasteiger partial charge is 0.465 e. The van der Waals surface area contributed by atoms with Gasteiger partial charge in [-0.05, 0) is 38.5 Å². The second kappa shape index (κ2) is 30.6. The van der Waals surface area contributed by atoms with Crippen molar-refractivity contribution in [2.75, 3.05) is 39.6 Å². The van der Waals surface area contributed by atoms with Crippen LogP contribution in [0.5, 0.6) is 0 Å². The van der Waals surface area contributed by atoms with Gasteiger partial charge in [0.15, 0.2) is 0 Å². The first-order valence-electron chi connectivity index (χ1n) is 19.9. The van der Waals surface area contributed by atoms with E-state index in [1.54, 1.807) is 0 Å². The molecule has 0 atom stereocenters. The lowest BCUT2D eigenvalue weighted by Gasteiger charge is -2.35. The summed E-state index contributed by atoms with van der Waals surface area (Å²) in [5.74, 6) is -1.20. The fourth-order valence-corrected chi connectivity index (χ4v) is 5.44. The van der Waals surface area contributed by atoms with E-state index in [9.17, 15) is 19.2 Å². The number of hydrogen-bond donors (Lipinski definition) is 0. The van der Waals surface area contributed by atoms with E-state index in [2.05, 4.69) is 41.5 Å². The van der Waals surface area contributed by atoms with Gasteiger partial charge in [-0.2, -0.15) is 0 Å². The van der Waals surface area contributed by atoms with Crippen molar-refractivity contribution in [2.45, 2.75) is 183 Å². The van der Waals surface area contributed by atoms with E-state index < -0.39 is 10.8 Å². The van der Waals surface area contributed by atoms with Gasteiger partial charge < -0.3 is 23.7 Å². The molecule has 49 heavy (non-hydrogen) atoms. The first kappa shape index (κ1) is 46.8. The molecule has 0 aromatic heterocycles. The van der Waals surface area contributed by atoms with Crippen LogP contribution in [0.15, 0.2) is 0 Å². The summed E-state index contributed by atoms with van der Waals surface area (Å²) >= 11 is 0. The highest BCUT2D eigenvalue weighted by Crippen LogP contribution is 2.30. The molecule has 0 saturated carbocycles. The van der Waals surface area contributed by atoms with Crippen LogP contribution in [0.25, 0.3) is 0 Å². The van der Waals surface area contributed by atoms with E-state index in [1.165, 1.54) is 0 Å². The number of unbranched alkanes of at least 4 members (excludes halogenated alkanes) is 12. The van der Waals surface area contributed by atoms with Crippen LogP contribution in [0.4, 0.5) is 0 Å². The molecule has 0 unspecified atom stereocenters. The maximum absolute atomic E-state index is 12.8. The summed E-state index contributed by atoms with van der Waals surface area (Å²) < 4.78 is 29.4. The lowest BCUT2D eigenvalue weighted by molar-refractivity contribution is -0.169. The van der Waals surface area contributed by atoms with Crippen molar-refractivity contribution in [3.63, 3.8) is 0 Å². The first-order chi connectivity index (χ1) is 23.6. The number of esters is 4. The third-order valence-corrected chi connectivity index (χ3v) is 9.41. The normalized spacial score (nSPS) is 11.7. The molecule has 0 saturated heterocycles. The van der Waals surface area contributed by atoms with Crippen LogP contribution in [0, 0.1) is 10.8 Å². The Morgan fingerprint density at radius 3 is 0.878 bits per heavy atom. The fourth-order valence-electron chi connectivity index (χ4n) is 5.44. The zero-order valence-electron chi connectivity index (χ0n) is 32.5. The van der Waals surface area contributed by atoms with Crippen molar-refractivity contribution in [2.24, 2.45) is 10.8 Å². The van der Waals surface area contributed by atoms with Crippen molar-refractivity contribution in [1.29, 1.82) is 0 Å². The van der Waals surface area contributed by atoms with E-state index in [1.807, 2.05) is 0 Å². The molecule has 0 amide bonds. The van der Waals surface area contributed by atoms with Gasteiger partial charge in [0.05, 0.1) is 25.2 Å². The molecule has 0 aromatic rings. The van der Waals surface area contributed by atoms with E-state index in [0.717, 1.165) is 116 Å². The molecular formula is C40H74O9. The lowest BCUT2D eigenvalue weighted by Crippen LogP contribution is -2.44. The zero-order chi connectivity index (χ0) is 36.6. The average molecular weight is 699 g/mol. The highest BCUT2D eigenvalue weighted by Gasteiger charge is 2.38. The maximum Gasteiger partial charge on any atom is 0.305 e. The van der Waals surface area contributed by atoms with Crippen LogP contribution in [-0.2, 0) is 42.9 Å². The summed E-state index contributed by atoms with van der Waals surface area (Å²) in [6, 6.07) is 0. The van der Waals surface area contributed by atoms with Crippen LogP contribution in [0.1, 0.15) is 183 Å². The third kappa shape index (κ3) is 24.6. The minimum atomic E-state index is -1.08. The Labute approximate surface area is 299 Å². The number of rotatable bonds is 34. The predicted molar refractivity (Wildman–Crippen MR) is 195 cm³/mol. The van der Waals surface area contributed by atoms with Crippen molar-refractivity contribution in [3.05, 3.63) is 0 Å². The topological polar surface area (TPSA) is 114 Å². The van der Waals surface area contributed by atoms with Crippen LogP contribution < -0.4 is 0 Å². The monoisotopic (exact) mass is 699 g/mol. The van der Waals surface area contributed by atoms with Crippen LogP contribution >= 0.6 is 0 Å². The lowest BCUT2D eigenvalue weighted by atomic mass is 9.84. The Bertz CT molecular complexity index is 783. The molecule has 0 N–H and O–H groups in total. The number of carbonyl (C=O) groups excluding carboxylic acids is 4. The molecule has 0 aliphatic heterocycles. The molecule has 9 nitrogen and oxygen atoms in total. The van der Waals surface area contributed by atoms with Gasteiger partial charge >= 0.3 is 23.9 Å². The highest BCUT2D eigenvalue weighted by molar-refractivity contribution is 5.70. The van der Waals surface area contributed by atoms with Crippen molar-refractivity contribution in [3.8, 4) is 0 Å². The van der Waals surface area contributed by atoms with Crippen molar-refractivity contribution >= 4 is 23.9 Å². The SMILES string of the molecule is CCCCCCC(=O)OCC(CC)(CC)COCC(COC(=O)CCCCCC)(COC(=O)CCCCCC)COC(=O)CCCCCC. The molecule has 288 valence electrons. The summed E-state index contributed by atoms with van der Waals surface area (Å²) in [5, 5.41) is 0. The standard InChI is InChI=1S/C40H74O9/c1-7-13-17-21-25-35(41)46-31-39(11-5,12-6)29-45-30-40(32-47-36(42)26-22-18-14-8-2,33-48-37(43)27-23-19-15-9-3)34-49-38(44)28-24-20-16-10-4/h7-34H2,1-6H3. The predicted octanol–water partition coefficient (Wildman–Crippen LogP) is 9.85. The van der Waals surface area contributed by atoms with Gasteiger partial charge in [0.2, 0.25) is 0 Å². The van der Waals surface area contributed by atoms with E-state index in [-0.39, 0.29) is 63.5 Å². The highest BCUT2D eigenvalue weighted by atomic mass is 16.6. The Morgan fingerprint density at radius 2 is 0.612 bits per heavy atom. The summed E-state index contributed by atoms with van der Waals surface area (Å²) in [5.41, 5.74) is -1.49. The number of ether oxygens (including phenoxy) is 5. The first-order valence-corrected chi connectivity index (χ1v) is 19.9. The molecule has 0 radical (unpaired) electrons. The quantitative estimate of drug-likeness (QED) is 0.0368. The van der Waals surface area contributed by atoms with Gasteiger partial charge in [0.1, 0.15) is 19.8 Å². The Hall–Kier alpha value is -2.16. The molecule has 0 aliphatic rings. The van der Waals surface area contributed by atoms with E-state index >= 15 is 0 Å². The van der Waals surface area contributed by atoms with Gasteiger partial charge in [-0.25, -0.2) is 0 Å². The molecule has 9 heteroatoms. The van der Waals surface area contributed by atoms with Gasteiger partial charge in [-0.15, -0.1) is 0 Å². The van der Waals surface area contributed by atoms with E-state index in [4.69, 9.17) is 23.7 Å². The summed E-state index contributed by atoms with van der Waals surface area (Å²) in [4.78, 5) is 50.9. The molecule has 0 fully saturated rings. The van der Waals surface area contributed by atoms with Crippen LogP contribution in [0.2, 0.25) is 0 Å². The van der Waals surface area contributed by atoms with Crippen molar-refractivity contribution < 1.29 is 42.9 Å². The molecule has 0 spiro atoms. The Balaban J connectivity index is 5.84. The third-order valence-electron chi connectivity index (χ3n) is 9.41. The summed E-state index contributed by atoms with van der Waals surface area (Å²) in [7, 11) is 0. The molecule has 0 heterocycles. The summed E-state index contributed by atoms with van der Waals surface area (Å²) in [6.07, 6.45) is 18.2. The summed E-state index contributed by atoms with van der Waals surface area (Å²) in [6.45, 7) is 12.8. The second-order valence-corrected chi connectivity index (χ2v) is 14.1. The minimum absolute atomic E-state index is 0.0368. The number of hydrogen-bond acceptors (Lipinski definition) is 9. The van der Waals surface area contributed by atoms with E-state index in [0.29, 0.717) is 25.7 Å². The van der Waals surface area contributed by atoms with Gasteiger partial charge in [0, 0.05) is 31.1 Å².